The summed E-state index contributed by atoms with van der Waals surface area (Å²) in [5.41, 5.74) is 5.43. The van der Waals surface area contributed by atoms with Crippen LogP contribution in [0, 0.1) is 0 Å². The number of hydrogen-bond donors (Lipinski definition) is 3. The standard InChI is InChI=1S/C7H13N5S/c8-6-10-7(12-11-6)13-5-2-1-3-9-4-5/h5,9H,1-4H2,(H3,8,10,11,12). The van der Waals surface area contributed by atoms with Crippen molar-refractivity contribution in [1.82, 2.24) is 20.5 Å². The number of nitrogens with one attached hydrogen (secondary N) is 2. The molecule has 0 aliphatic carbocycles. The summed E-state index contributed by atoms with van der Waals surface area (Å²) in [5.74, 6) is 0.395. The molecule has 1 aliphatic heterocycles. The van der Waals surface area contributed by atoms with Crippen LogP contribution in [0.1, 0.15) is 12.8 Å². The predicted octanol–water partition coefficient (Wildman–Crippen LogP) is 0.231. The van der Waals surface area contributed by atoms with Crippen LogP contribution in [-0.2, 0) is 0 Å². The summed E-state index contributed by atoms with van der Waals surface area (Å²) < 4.78 is 0. The fourth-order valence-electron chi connectivity index (χ4n) is 1.38. The second kappa shape index (κ2) is 3.97. The van der Waals surface area contributed by atoms with Crippen molar-refractivity contribution in [2.75, 3.05) is 18.8 Å². The van der Waals surface area contributed by atoms with E-state index < -0.39 is 0 Å². The van der Waals surface area contributed by atoms with E-state index >= 15 is 0 Å². The largest absolute Gasteiger partial charge is 0.368 e. The number of rotatable bonds is 2. The van der Waals surface area contributed by atoms with Crippen LogP contribution in [0.2, 0.25) is 0 Å². The number of aromatic amines is 1. The van der Waals surface area contributed by atoms with Crippen LogP contribution in [0.15, 0.2) is 5.16 Å². The third-order valence-electron chi connectivity index (χ3n) is 2.01. The Morgan fingerprint density at radius 1 is 1.54 bits per heavy atom. The van der Waals surface area contributed by atoms with E-state index in [0.717, 1.165) is 18.2 Å². The van der Waals surface area contributed by atoms with Gasteiger partial charge in [-0.3, -0.25) is 0 Å². The van der Waals surface area contributed by atoms with E-state index in [-0.39, 0.29) is 0 Å². The third-order valence-corrected chi connectivity index (χ3v) is 3.14. The van der Waals surface area contributed by atoms with Gasteiger partial charge in [-0.25, -0.2) is 5.10 Å². The topological polar surface area (TPSA) is 79.6 Å². The number of H-pyrrole nitrogens is 1. The Morgan fingerprint density at radius 2 is 2.46 bits per heavy atom. The summed E-state index contributed by atoms with van der Waals surface area (Å²) >= 11 is 1.69. The Kier molecular flexibility index (Phi) is 2.70. The highest BCUT2D eigenvalue weighted by atomic mass is 32.2. The molecule has 1 aromatic rings. The average Bonchev–Trinajstić information content (AvgIpc) is 2.53. The molecule has 1 aliphatic rings. The van der Waals surface area contributed by atoms with Crippen LogP contribution in [0.4, 0.5) is 5.95 Å². The molecule has 4 N–H and O–H groups in total. The van der Waals surface area contributed by atoms with Gasteiger partial charge in [0.05, 0.1) is 0 Å². The first-order chi connectivity index (χ1) is 6.34. The van der Waals surface area contributed by atoms with Crippen molar-refractivity contribution in [2.45, 2.75) is 23.2 Å². The third kappa shape index (κ3) is 2.35. The molecule has 6 heteroatoms. The number of aromatic nitrogens is 3. The molecule has 0 aromatic carbocycles. The van der Waals surface area contributed by atoms with Crippen LogP contribution < -0.4 is 11.1 Å². The monoisotopic (exact) mass is 199 g/mol. The summed E-state index contributed by atoms with van der Waals surface area (Å²) in [6.45, 7) is 2.17. The quantitative estimate of drug-likeness (QED) is 0.635. The van der Waals surface area contributed by atoms with Crippen molar-refractivity contribution in [1.29, 1.82) is 0 Å². The Hall–Kier alpha value is -0.750. The maximum atomic E-state index is 5.43. The van der Waals surface area contributed by atoms with Gasteiger partial charge in [-0.2, -0.15) is 4.98 Å². The number of nitrogens with two attached hydrogens (primary N) is 1. The molecule has 0 saturated carbocycles. The number of hydrogen-bond acceptors (Lipinski definition) is 5. The molecule has 1 unspecified atom stereocenters. The fraction of sp³-hybridized carbons (Fsp3) is 0.714. The number of nitrogen functional groups attached to an aromatic ring is 1. The van der Waals surface area contributed by atoms with Gasteiger partial charge in [0.25, 0.3) is 0 Å². The molecule has 1 atom stereocenters. The smallest absolute Gasteiger partial charge is 0.216 e. The highest BCUT2D eigenvalue weighted by molar-refractivity contribution is 7.99. The van der Waals surface area contributed by atoms with Crippen molar-refractivity contribution >= 4 is 17.7 Å². The maximum Gasteiger partial charge on any atom is 0.216 e. The zero-order chi connectivity index (χ0) is 9.10. The highest BCUT2D eigenvalue weighted by Crippen LogP contribution is 2.24. The lowest BCUT2D eigenvalue weighted by molar-refractivity contribution is 0.530. The van der Waals surface area contributed by atoms with Gasteiger partial charge in [0.2, 0.25) is 11.1 Å². The number of anilines is 1. The van der Waals surface area contributed by atoms with Crippen LogP contribution in [-0.4, -0.2) is 33.5 Å². The lowest BCUT2D eigenvalue weighted by atomic mass is 10.2. The molecule has 0 amide bonds. The minimum Gasteiger partial charge on any atom is -0.368 e. The molecule has 0 spiro atoms. The van der Waals surface area contributed by atoms with Gasteiger partial charge >= 0.3 is 0 Å². The van der Waals surface area contributed by atoms with E-state index in [4.69, 9.17) is 5.73 Å². The Bertz CT molecular complexity index is 268. The normalized spacial score (nSPS) is 23.2. The second-order valence-corrected chi connectivity index (χ2v) is 4.36. The summed E-state index contributed by atoms with van der Waals surface area (Å²) in [5, 5.41) is 11.3. The second-order valence-electron chi connectivity index (χ2n) is 3.09. The van der Waals surface area contributed by atoms with Gasteiger partial charge in [0.1, 0.15) is 0 Å². The summed E-state index contributed by atoms with van der Waals surface area (Å²) in [6, 6.07) is 0. The molecule has 1 aromatic heterocycles. The molecule has 1 saturated heterocycles. The summed E-state index contributed by atoms with van der Waals surface area (Å²) in [7, 11) is 0. The van der Waals surface area contributed by atoms with Crippen LogP contribution >= 0.6 is 11.8 Å². The molecule has 5 nitrogen and oxygen atoms in total. The van der Waals surface area contributed by atoms with Crippen LogP contribution in [0.5, 0.6) is 0 Å². The molecule has 1 fully saturated rings. The molecule has 2 rings (SSSR count). The fourth-order valence-corrected chi connectivity index (χ4v) is 2.41. The zero-order valence-electron chi connectivity index (χ0n) is 7.29. The maximum absolute atomic E-state index is 5.43. The minimum atomic E-state index is 0.395. The number of piperidine rings is 1. The van der Waals surface area contributed by atoms with Crippen LogP contribution in [0.3, 0.4) is 0 Å². The minimum absolute atomic E-state index is 0.395. The molecule has 13 heavy (non-hydrogen) atoms. The van der Waals surface area contributed by atoms with Crippen molar-refractivity contribution in [3.8, 4) is 0 Å². The lowest BCUT2D eigenvalue weighted by Crippen LogP contribution is -2.31. The van der Waals surface area contributed by atoms with Gasteiger partial charge in [-0.05, 0) is 19.4 Å². The van der Waals surface area contributed by atoms with E-state index in [9.17, 15) is 0 Å². The molecule has 72 valence electrons. The average molecular weight is 199 g/mol. The van der Waals surface area contributed by atoms with Crippen molar-refractivity contribution in [2.24, 2.45) is 0 Å². The first-order valence-corrected chi connectivity index (χ1v) is 5.28. The van der Waals surface area contributed by atoms with E-state index in [2.05, 4.69) is 20.5 Å². The molecular weight excluding hydrogens is 186 g/mol. The zero-order valence-corrected chi connectivity index (χ0v) is 8.10. The van der Waals surface area contributed by atoms with Gasteiger partial charge in [0, 0.05) is 11.8 Å². The van der Waals surface area contributed by atoms with E-state index in [1.165, 1.54) is 12.8 Å². The first kappa shape index (κ1) is 8.83. The van der Waals surface area contributed by atoms with Crippen molar-refractivity contribution < 1.29 is 0 Å². The van der Waals surface area contributed by atoms with E-state index in [1.807, 2.05) is 0 Å². The first-order valence-electron chi connectivity index (χ1n) is 4.40. The van der Waals surface area contributed by atoms with E-state index in [0.29, 0.717) is 11.2 Å². The van der Waals surface area contributed by atoms with Crippen molar-refractivity contribution in [3.63, 3.8) is 0 Å². The van der Waals surface area contributed by atoms with Gasteiger partial charge in [0.15, 0.2) is 0 Å². The Labute approximate surface area is 80.9 Å². The van der Waals surface area contributed by atoms with Crippen LogP contribution in [0.25, 0.3) is 0 Å². The summed E-state index contributed by atoms with van der Waals surface area (Å²) in [6.07, 6.45) is 2.46. The lowest BCUT2D eigenvalue weighted by Gasteiger charge is -2.20. The Balaban J connectivity index is 1.89. The van der Waals surface area contributed by atoms with E-state index in [1.54, 1.807) is 11.8 Å². The molecule has 2 heterocycles. The predicted molar refractivity (Wildman–Crippen MR) is 52.5 cm³/mol. The number of nitrogens with zero attached hydrogens (tertiary/aromatic N) is 2. The highest BCUT2D eigenvalue weighted by Gasteiger charge is 2.16. The molecule has 0 radical (unpaired) electrons. The van der Waals surface area contributed by atoms with Gasteiger partial charge < -0.3 is 11.1 Å². The molecular formula is C7H13N5S. The van der Waals surface area contributed by atoms with Gasteiger partial charge in [-0.15, -0.1) is 5.10 Å². The van der Waals surface area contributed by atoms with Gasteiger partial charge in [-0.1, -0.05) is 11.8 Å². The summed E-state index contributed by atoms with van der Waals surface area (Å²) in [4.78, 5) is 4.05. The molecule has 0 bridgehead atoms. The SMILES string of the molecule is Nc1nc(SC2CCCNC2)n[nH]1. The number of thioether (sulfide) groups is 1. The Morgan fingerprint density at radius 3 is 3.08 bits per heavy atom. The van der Waals surface area contributed by atoms with Crippen molar-refractivity contribution in [3.05, 3.63) is 0 Å².